The van der Waals surface area contributed by atoms with Crippen LogP contribution < -0.4 is 10.0 Å². The van der Waals surface area contributed by atoms with Crippen molar-refractivity contribution in [2.75, 3.05) is 13.1 Å². The number of hydrogen-bond donors (Lipinski definition) is 3. The summed E-state index contributed by atoms with van der Waals surface area (Å²) < 4.78 is 27.6. The van der Waals surface area contributed by atoms with Gasteiger partial charge in [0.1, 0.15) is 4.90 Å². The molecule has 1 aliphatic carbocycles. The lowest BCUT2D eigenvalue weighted by atomic mass is 10.2. The van der Waals surface area contributed by atoms with E-state index in [2.05, 4.69) is 34.1 Å². The molecule has 1 heterocycles. The van der Waals surface area contributed by atoms with Gasteiger partial charge in [0, 0.05) is 13.1 Å². The van der Waals surface area contributed by atoms with E-state index in [1.165, 1.54) is 0 Å². The number of sulfonamides is 1. The molecule has 1 aromatic heterocycles. The molecule has 0 atom stereocenters. The zero-order valence-corrected chi connectivity index (χ0v) is 13.2. The quantitative estimate of drug-likeness (QED) is 0.632. The first-order valence-electron chi connectivity index (χ1n) is 7.12. The molecular weight excluding hydrogens is 276 g/mol. The summed E-state index contributed by atoms with van der Waals surface area (Å²) in [4.78, 5) is 0.297. The van der Waals surface area contributed by atoms with Gasteiger partial charge in [0.2, 0.25) is 10.0 Å². The number of aromatic amines is 1. The van der Waals surface area contributed by atoms with Gasteiger partial charge in [0.05, 0.1) is 11.4 Å². The lowest BCUT2D eigenvalue weighted by molar-refractivity contribution is 0.529. The SMILES string of the molecule is CCCNCc1n[nH]c(C)c1S(=O)(=O)NCC1(C)CC1. The van der Waals surface area contributed by atoms with Crippen molar-refractivity contribution in [3.8, 4) is 0 Å². The highest BCUT2D eigenvalue weighted by molar-refractivity contribution is 7.89. The molecule has 20 heavy (non-hydrogen) atoms. The number of aryl methyl sites for hydroxylation is 1. The Hall–Kier alpha value is -0.920. The van der Waals surface area contributed by atoms with Gasteiger partial charge in [-0.05, 0) is 38.1 Å². The molecule has 114 valence electrons. The van der Waals surface area contributed by atoms with Crippen LogP contribution in [0.25, 0.3) is 0 Å². The van der Waals surface area contributed by atoms with Crippen molar-refractivity contribution in [1.29, 1.82) is 0 Å². The van der Waals surface area contributed by atoms with Crippen molar-refractivity contribution in [3.63, 3.8) is 0 Å². The fourth-order valence-corrected chi connectivity index (χ4v) is 3.62. The zero-order chi connectivity index (χ0) is 14.8. The second-order valence-electron chi connectivity index (χ2n) is 5.94. The average molecular weight is 300 g/mol. The molecule has 7 heteroatoms. The Morgan fingerprint density at radius 1 is 1.40 bits per heavy atom. The summed E-state index contributed by atoms with van der Waals surface area (Å²) in [7, 11) is -3.49. The largest absolute Gasteiger partial charge is 0.311 e. The van der Waals surface area contributed by atoms with E-state index in [4.69, 9.17) is 0 Å². The molecule has 0 aliphatic heterocycles. The third-order valence-corrected chi connectivity index (χ3v) is 5.35. The van der Waals surface area contributed by atoms with Gasteiger partial charge in [-0.15, -0.1) is 0 Å². The highest BCUT2D eigenvalue weighted by Gasteiger charge is 2.38. The van der Waals surface area contributed by atoms with Crippen molar-refractivity contribution >= 4 is 10.0 Å². The Morgan fingerprint density at radius 2 is 2.10 bits per heavy atom. The van der Waals surface area contributed by atoms with E-state index in [1.807, 2.05) is 0 Å². The van der Waals surface area contributed by atoms with Crippen LogP contribution in [0.2, 0.25) is 0 Å². The highest BCUT2D eigenvalue weighted by Crippen LogP contribution is 2.44. The normalized spacial score (nSPS) is 17.4. The first-order chi connectivity index (χ1) is 9.38. The van der Waals surface area contributed by atoms with E-state index >= 15 is 0 Å². The summed E-state index contributed by atoms with van der Waals surface area (Å²) in [6, 6.07) is 0. The standard InChI is InChI=1S/C13H24N4O2S/c1-4-7-14-8-11-12(10(2)16-17-11)20(18,19)15-9-13(3)5-6-13/h14-15H,4-9H2,1-3H3,(H,16,17). The van der Waals surface area contributed by atoms with Crippen LogP contribution in [0.3, 0.4) is 0 Å². The van der Waals surface area contributed by atoms with Crippen LogP contribution in [0.5, 0.6) is 0 Å². The lowest BCUT2D eigenvalue weighted by Gasteiger charge is -2.11. The topological polar surface area (TPSA) is 86.9 Å². The van der Waals surface area contributed by atoms with Crippen molar-refractivity contribution in [1.82, 2.24) is 20.2 Å². The molecule has 0 spiro atoms. The molecule has 1 aromatic rings. The predicted molar refractivity (Wildman–Crippen MR) is 77.9 cm³/mol. The number of H-pyrrole nitrogens is 1. The smallest absolute Gasteiger partial charge is 0.244 e. The molecule has 0 amide bonds. The maximum absolute atomic E-state index is 12.4. The molecule has 0 bridgehead atoms. The monoisotopic (exact) mass is 300 g/mol. The van der Waals surface area contributed by atoms with E-state index in [-0.39, 0.29) is 5.41 Å². The van der Waals surface area contributed by atoms with Crippen LogP contribution in [-0.4, -0.2) is 31.7 Å². The van der Waals surface area contributed by atoms with Crippen LogP contribution >= 0.6 is 0 Å². The van der Waals surface area contributed by atoms with Gasteiger partial charge in [0.25, 0.3) is 0 Å². The summed E-state index contributed by atoms with van der Waals surface area (Å²) in [5.41, 5.74) is 1.29. The maximum atomic E-state index is 12.4. The Morgan fingerprint density at radius 3 is 2.70 bits per heavy atom. The van der Waals surface area contributed by atoms with E-state index in [0.29, 0.717) is 29.4 Å². The van der Waals surface area contributed by atoms with E-state index < -0.39 is 10.0 Å². The summed E-state index contributed by atoms with van der Waals surface area (Å²) in [6.07, 6.45) is 3.18. The van der Waals surface area contributed by atoms with Gasteiger partial charge in [0.15, 0.2) is 0 Å². The number of nitrogens with one attached hydrogen (secondary N) is 3. The van der Waals surface area contributed by atoms with Crippen molar-refractivity contribution in [2.24, 2.45) is 5.41 Å². The van der Waals surface area contributed by atoms with Gasteiger partial charge in [-0.25, -0.2) is 13.1 Å². The number of nitrogens with zero attached hydrogens (tertiary/aromatic N) is 1. The van der Waals surface area contributed by atoms with Crippen LogP contribution in [0.4, 0.5) is 0 Å². The lowest BCUT2D eigenvalue weighted by Crippen LogP contribution is -2.30. The Bertz CT molecular complexity index is 561. The molecular formula is C13H24N4O2S. The van der Waals surface area contributed by atoms with Crippen LogP contribution in [0.15, 0.2) is 4.90 Å². The Labute approximate surface area is 120 Å². The molecule has 3 N–H and O–H groups in total. The molecule has 6 nitrogen and oxygen atoms in total. The molecule has 1 aliphatic rings. The number of hydrogen-bond acceptors (Lipinski definition) is 4. The summed E-state index contributed by atoms with van der Waals surface area (Å²) in [5.74, 6) is 0. The van der Waals surface area contributed by atoms with Crippen molar-refractivity contribution < 1.29 is 8.42 Å². The van der Waals surface area contributed by atoms with E-state index in [9.17, 15) is 8.42 Å². The average Bonchev–Trinajstić information content (AvgIpc) is 3.00. The summed E-state index contributed by atoms with van der Waals surface area (Å²) >= 11 is 0. The fourth-order valence-electron chi connectivity index (χ4n) is 2.06. The molecule has 2 rings (SSSR count). The molecule has 1 saturated carbocycles. The summed E-state index contributed by atoms with van der Waals surface area (Å²) in [5, 5.41) is 10.1. The van der Waals surface area contributed by atoms with E-state index in [0.717, 1.165) is 25.8 Å². The fraction of sp³-hybridized carbons (Fsp3) is 0.769. The minimum atomic E-state index is -3.49. The Balaban J connectivity index is 2.10. The minimum Gasteiger partial charge on any atom is -0.311 e. The van der Waals surface area contributed by atoms with Gasteiger partial charge in [-0.3, -0.25) is 5.10 Å². The molecule has 0 radical (unpaired) electrons. The minimum absolute atomic E-state index is 0.144. The first-order valence-corrected chi connectivity index (χ1v) is 8.60. The van der Waals surface area contributed by atoms with Crippen LogP contribution in [0.1, 0.15) is 44.5 Å². The van der Waals surface area contributed by atoms with Gasteiger partial charge < -0.3 is 5.32 Å². The third kappa shape index (κ3) is 3.59. The van der Waals surface area contributed by atoms with Gasteiger partial charge >= 0.3 is 0 Å². The highest BCUT2D eigenvalue weighted by atomic mass is 32.2. The Kier molecular flexibility index (Phi) is 4.51. The van der Waals surface area contributed by atoms with Crippen molar-refractivity contribution in [2.45, 2.75) is 51.5 Å². The van der Waals surface area contributed by atoms with E-state index in [1.54, 1.807) is 6.92 Å². The molecule has 0 saturated heterocycles. The van der Waals surface area contributed by atoms with Gasteiger partial charge in [-0.1, -0.05) is 13.8 Å². The number of rotatable bonds is 8. The second kappa shape index (κ2) is 5.83. The third-order valence-electron chi connectivity index (χ3n) is 3.74. The first kappa shape index (κ1) is 15.5. The molecule has 0 unspecified atom stereocenters. The molecule has 0 aromatic carbocycles. The van der Waals surface area contributed by atoms with Crippen LogP contribution in [-0.2, 0) is 16.6 Å². The van der Waals surface area contributed by atoms with Gasteiger partial charge in [-0.2, -0.15) is 5.10 Å². The molecule has 1 fully saturated rings. The number of aromatic nitrogens is 2. The second-order valence-corrected chi connectivity index (χ2v) is 7.64. The zero-order valence-electron chi connectivity index (χ0n) is 12.4. The van der Waals surface area contributed by atoms with Crippen molar-refractivity contribution in [3.05, 3.63) is 11.4 Å². The summed E-state index contributed by atoms with van der Waals surface area (Å²) in [6.45, 7) is 7.72. The predicted octanol–water partition coefficient (Wildman–Crippen LogP) is 1.30. The maximum Gasteiger partial charge on any atom is 0.244 e. The van der Waals surface area contributed by atoms with Crippen LogP contribution in [0, 0.1) is 12.3 Å².